The number of benzene rings is 1. The maximum Gasteiger partial charge on any atom is 0.339 e. The van der Waals surface area contributed by atoms with Crippen molar-refractivity contribution in [3.8, 4) is 11.3 Å². The van der Waals surface area contributed by atoms with Gasteiger partial charge in [0.25, 0.3) is 0 Å². The predicted molar refractivity (Wildman–Crippen MR) is 66.9 cm³/mol. The summed E-state index contributed by atoms with van der Waals surface area (Å²) in [5.41, 5.74) is 2.73. The summed E-state index contributed by atoms with van der Waals surface area (Å²) in [5.74, 6) is -0.297. The van der Waals surface area contributed by atoms with E-state index in [1.165, 1.54) is 7.11 Å². The van der Waals surface area contributed by atoms with Crippen molar-refractivity contribution in [2.24, 2.45) is 0 Å². The summed E-state index contributed by atoms with van der Waals surface area (Å²) in [6.45, 7) is 2.87. The van der Waals surface area contributed by atoms with Crippen molar-refractivity contribution < 1.29 is 9.53 Å². The number of ether oxygens (including phenoxy) is 1. The highest BCUT2D eigenvalue weighted by atomic mass is 16.5. The molecule has 17 heavy (non-hydrogen) atoms. The summed E-state index contributed by atoms with van der Waals surface area (Å²) >= 11 is 0. The van der Waals surface area contributed by atoms with E-state index in [2.05, 4.69) is 0 Å². The van der Waals surface area contributed by atoms with Crippen molar-refractivity contribution in [2.45, 2.75) is 13.5 Å². The third-order valence-corrected chi connectivity index (χ3v) is 2.73. The van der Waals surface area contributed by atoms with Crippen LogP contribution in [0.5, 0.6) is 0 Å². The topological polar surface area (TPSA) is 31.2 Å². The Morgan fingerprint density at radius 2 is 2.00 bits per heavy atom. The number of esters is 1. The van der Waals surface area contributed by atoms with Gasteiger partial charge in [0.15, 0.2) is 0 Å². The standard InChI is InChI=1S/C14H15NO2/c1-3-15-10-12(14(16)17-2)9-13(15)11-7-5-4-6-8-11/h4-10H,3H2,1-2H3. The van der Waals surface area contributed by atoms with Crippen molar-refractivity contribution in [2.75, 3.05) is 7.11 Å². The lowest BCUT2D eigenvalue weighted by Crippen LogP contribution is -1.99. The zero-order chi connectivity index (χ0) is 12.3. The summed E-state index contributed by atoms with van der Waals surface area (Å²) in [4.78, 5) is 11.5. The Morgan fingerprint density at radius 3 is 2.59 bits per heavy atom. The molecule has 0 aliphatic heterocycles. The first kappa shape index (κ1) is 11.5. The second-order valence-corrected chi connectivity index (χ2v) is 3.76. The molecular formula is C14H15NO2. The van der Waals surface area contributed by atoms with E-state index in [9.17, 15) is 4.79 Å². The van der Waals surface area contributed by atoms with Crippen LogP contribution in [-0.2, 0) is 11.3 Å². The van der Waals surface area contributed by atoms with Gasteiger partial charge in [-0.3, -0.25) is 0 Å². The maximum absolute atomic E-state index is 11.5. The van der Waals surface area contributed by atoms with Gasteiger partial charge in [0, 0.05) is 18.4 Å². The summed E-state index contributed by atoms with van der Waals surface area (Å²) < 4.78 is 6.78. The van der Waals surface area contributed by atoms with Crippen molar-refractivity contribution in [1.29, 1.82) is 0 Å². The van der Waals surface area contributed by atoms with Gasteiger partial charge in [-0.25, -0.2) is 4.79 Å². The normalized spacial score (nSPS) is 10.2. The van der Waals surface area contributed by atoms with Crippen LogP contribution in [0.1, 0.15) is 17.3 Å². The van der Waals surface area contributed by atoms with Gasteiger partial charge in [-0.2, -0.15) is 0 Å². The molecule has 0 saturated carbocycles. The van der Waals surface area contributed by atoms with Gasteiger partial charge in [-0.1, -0.05) is 30.3 Å². The Bertz CT molecular complexity index is 514. The fraction of sp³-hybridized carbons (Fsp3) is 0.214. The fourth-order valence-corrected chi connectivity index (χ4v) is 1.85. The number of nitrogens with zero attached hydrogens (tertiary/aromatic N) is 1. The van der Waals surface area contributed by atoms with Crippen LogP contribution < -0.4 is 0 Å². The summed E-state index contributed by atoms with van der Waals surface area (Å²) in [6, 6.07) is 11.9. The molecule has 3 nitrogen and oxygen atoms in total. The highest BCUT2D eigenvalue weighted by Crippen LogP contribution is 2.22. The zero-order valence-corrected chi connectivity index (χ0v) is 10.0. The van der Waals surface area contributed by atoms with Crippen molar-refractivity contribution in [3.05, 3.63) is 48.2 Å². The molecule has 0 saturated heterocycles. The highest BCUT2D eigenvalue weighted by molar-refractivity contribution is 5.90. The molecule has 0 amide bonds. The number of methoxy groups -OCH3 is 1. The van der Waals surface area contributed by atoms with E-state index >= 15 is 0 Å². The lowest BCUT2D eigenvalue weighted by atomic mass is 10.1. The minimum absolute atomic E-state index is 0.297. The lowest BCUT2D eigenvalue weighted by Gasteiger charge is -2.05. The van der Waals surface area contributed by atoms with E-state index in [-0.39, 0.29) is 5.97 Å². The number of carbonyl (C=O) groups is 1. The van der Waals surface area contributed by atoms with E-state index in [4.69, 9.17) is 4.74 Å². The van der Waals surface area contributed by atoms with Gasteiger partial charge in [0.05, 0.1) is 12.7 Å². The van der Waals surface area contributed by atoms with Crippen LogP contribution >= 0.6 is 0 Å². The average molecular weight is 229 g/mol. The van der Waals surface area contributed by atoms with Crippen LogP contribution in [0.25, 0.3) is 11.3 Å². The van der Waals surface area contributed by atoms with Crippen LogP contribution in [0.15, 0.2) is 42.6 Å². The molecule has 0 aliphatic carbocycles. The third-order valence-electron chi connectivity index (χ3n) is 2.73. The third kappa shape index (κ3) is 2.23. The smallest absolute Gasteiger partial charge is 0.339 e. The maximum atomic E-state index is 11.5. The molecule has 1 heterocycles. The molecule has 1 aromatic heterocycles. The first-order valence-electron chi connectivity index (χ1n) is 5.60. The SMILES string of the molecule is CCn1cc(C(=O)OC)cc1-c1ccccc1. The molecule has 88 valence electrons. The van der Waals surface area contributed by atoms with Gasteiger partial charge in [0.1, 0.15) is 0 Å². The molecule has 0 fully saturated rings. The van der Waals surface area contributed by atoms with Crippen molar-refractivity contribution in [3.63, 3.8) is 0 Å². The summed E-state index contributed by atoms with van der Waals surface area (Å²) in [5, 5.41) is 0. The van der Waals surface area contributed by atoms with E-state index in [1.54, 1.807) is 0 Å². The second-order valence-electron chi connectivity index (χ2n) is 3.76. The van der Waals surface area contributed by atoms with Crippen LogP contribution in [-0.4, -0.2) is 17.6 Å². The van der Waals surface area contributed by atoms with Gasteiger partial charge in [0.2, 0.25) is 0 Å². The lowest BCUT2D eigenvalue weighted by molar-refractivity contribution is 0.0600. The van der Waals surface area contributed by atoms with E-state index < -0.39 is 0 Å². The first-order chi connectivity index (χ1) is 8.26. The molecule has 0 radical (unpaired) electrons. The summed E-state index contributed by atoms with van der Waals surface area (Å²) in [7, 11) is 1.40. The molecule has 0 bridgehead atoms. The van der Waals surface area contributed by atoms with Crippen molar-refractivity contribution >= 4 is 5.97 Å². The van der Waals surface area contributed by atoms with Crippen LogP contribution in [0.3, 0.4) is 0 Å². The van der Waals surface area contributed by atoms with E-state index in [1.807, 2.05) is 54.1 Å². The minimum atomic E-state index is -0.297. The molecule has 0 atom stereocenters. The van der Waals surface area contributed by atoms with Crippen molar-refractivity contribution in [1.82, 2.24) is 4.57 Å². The van der Waals surface area contributed by atoms with Crippen LogP contribution in [0.2, 0.25) is 0 Å². The molecule has 2 rings (SSSR count). The number of rotatable bonds is 3. The Kier molecular flexibility index (Phi) is 3.28. The molecule has 1 aromatic carbocycles. The number of aromatic nitrogens is 1. The number of aryl methyl sites for hydroxylation is 1. The number of hydrogen-bond acceptors (Lipinski definition) is 2. The molecule has 0 spiro atoms. The Labute approximate surface area is 101 Å². The van der Waals surface area contributed by atoms with Gasteiger partial charge < -0.3 is 9.30 Å². The van der Waals surface area contributed by atoms with E-state index in [0.29, 0.717) is 5.56 Å². The molecule has 3 heteroatoms. The van der Waals surface area contributed by atoms with Gasteiger partial charge in [-0.15, -0.1) is 0 Å². The van der Waals surface area contributed by atoms with Crippen LogP contribution in [0, 0.1) is 0 Å². The highest BCUT2D eigenvalue weighted by Gasteiger charge is 2.12. The van der Waals surface area contributed by atoms with E-state index in [0.717, 1.165) is 17.8 Å². The fourth-order valence-electron chi connectivity index (χ4n) is 1.85. The molecule has 2 aromatic rings. The molecule has 0 N–H and O–H groups in total. The Morgan fingerprint density at radius 1 is 1.29 bits per heavy atom. The number of carbonyl (C=O) groups excluding carboxylic acids is 1. The number of hydrogen-bond donors (Lipinski definition) is 0. The first-order valence-corrected chi connectivity index (χ1v) is 5.60. The summed E-state index contributed by atoms with van der Waals surface area (Å²) in [6.07, 6.45) is 1.83. The van der Waals surface area contributed by atoms with Gasteiger partial charge in [-0.05, 0) is 18.6 Å². The molecule has 0 unspecified atom stereocenters. The minimum Gasteiger partial charge on any atom is -0.465 e. The van der Waals surface area contributed by atoms with Crippen LogP contribution in [0.4, 0.5) is 0 Å². The van der Waals surface area contributed by atoms with Gasteiger partial charge >= 0.3 is 5.97 Å². The zero-order valence-electron chi connectivity index (χ0n) is 10.0. The Hall–Kier alpha value is -2.03. The largest absolute Gasteiger partial charge is 0.465 e. The molecular weight excluding hydrogens is 214 g/mol. The molecule has 0 aliphatic rings. The second kappa shape index (κ2) is 4.87. The average Bonchev–Trinajstić information content (AvgIpc) is 2.83. The Balaban J connectivity index is 2.47. The monoisotopic (exact) mass is 229 g/mol. The quantitative estimate of drug-likeness (QED) is 0.758. The predicted octanol–water partition coefficient (Wildman–Crippen LogP) is 2.96.